The van der Waals surface area contributed by atoms with Gasteiger partial charge >= 0.3 is 0 Å². The molecule has 1 saturated heterocycles. The number of amides is 1. The Balaban J connectivity index is 0.000000224. The van der Waals surface area contributed by atoms with Gasteiger partial charge in [0.15, 0.2) is 0 Å². The number of hydrogen-bond donors (Lipinski definition) is 2. The van der Waals surface area contributed by atoms with E-state index in [9.17, 15) is 0 Å². The van der Waals surface area contributed by atoms with Crippen molar-refractivity contribution in [3.05, 3.63) is 34.5 Å². The molecule has 26 heavy (non-hydrogen) atoms. The zero-order valence-corrected chi connectivity index (χ0v) is 16.7. The van der Waals surface area contributed by atoms with Crippen LogP contribution in [0.3, 0.4) is 0 Å². The maximum absolute atomic E-state index is 9.06. The van der Waals surface area contributed by atoms with Crippen LogP contribution < -0.4 is 5.32 Å². The van der Waals surface area contributed by atoms with Crippen molar-refractivity contribution in [3.8, 4) is 0 Å². The van der Waals surface area contributed by atoms with Gasteiger partial charge in [-0.2, -0.15) is 0 Å². The fraction of sp³-hybridized carbons (Fsp3) is 0.571. The summed E-state index contributed by atoms with van der Waals surface area (Å²) in [6, 6.07) is 6.17. The van der Waals surface area contributed by atoms with E-state index in [1.54, 1.807) is 7.05 Å². The zero-order valence-electron chi connectivity index (χ0n) is 15.9. The van der Waals surface area contributed by atoms with Crippen LogP contribution in [0, 0.1) is 6.92 Å². The third-order valence-corrected chi connectivity index (χ3v) is 5.19. The molecule has 0 unspecified atom stereocenters. The van der Waals surface area contributed by atoms with E-state index in [1.165, 1.54) is 67.1 Å². The summed E-state index contributed by atoms with van der Waals surface area (Å²) >= 11 is 6.12. The van der Waals surface area contributed by atoms with Crippen LogP contribution in [-0.4, -0.2) is 31.7 Å². The molecule has 4 rings (SSSR count). The van der Waals surface area contributed by atoms with Crippen LogP contribution in [0.1, 0.15) is 62.1 Å². The second-order valence-electron chi connectivity index (χ2n) is 6.91. The van der Waals surface area contributed by atoms with Gasteiger partial charge in [-0.15, -0.1) is 0 Å². The van der Waals surface area contributed by atoms with Gasteiger partial charge in [-0.1, -0.05) is 30.9 Å². The normalized spacial score (nSPS) is 17.0. The number of benzene rings is 1. The highest BCUT2D eigenvalue weighted by Crippen LogP contribution is 2.39. The number of aromatic nitrogens is 1. The van der Waals surface area contributed by atoms with E-state index in [4.69, 9.17) is 21.1 Å². The van der Waals surface area contributed by atoms with E-state index < -0.39 is 0 Å². The highest BCUT2D eigenvalue weighted by molar-refractivity contribution is 6.31. The molecule has 2 fully saturated rings. The fourth-order valence-corrected chi connectivity index (χ4v) is 3.92. The lowest BCUT2D eigenvalue weighted by Gasteiger charge is -2.22. The Bertz CT molecular complexity index is 666. The van der Waals surface area contributed by atoms with Crippen molar-refractivity contribution in [2.24, 2.45) is 0 Å². The molecule has 2 heterocycles. The first kappa shape index (κ1) is 20.8. The molecule has 0 spiro atoms. The maximum atomic E-state index is 9.06. The lowest BCUT2D eigenvalue weighted by molar-refractivity contribution is -0.109. The number of rotatable bonds is 2. The van der Waals surface area contributed by atoms with Crippen molar-refractivity contribution in [3.63, 3.8) is 0 Å². The monoisotopic (exact) mass is 378 g/mol. The Kier molecular flexibility index (Phi) is 8.99. The quantitative estimate of drug-likeness (QED) is 0.693. The lowest BCUT2D eigenvalue weighted by Crippen LogP contribution is -2.05. The molecule has 0 atom stereocenters. The molecule has 1 saturated carbocycles. The molecular formula is C21H31ClN2O2. The third-order valence-electron chi connectivity index (χ3n) is 4.96. The van der Waals surface area contributed by atoms with Gasteiger partial charge in [0.1, 0.15) is 0 Å². The van der Waals surface area contributed by atoms with Gasteiger partial charge in [-0.05, 0) is 62.3 Å². The Hall–Kier alpha value is -1.52. The van der Waals surface area contributed by atoms with Crippen LogP contribution in [0.2, 0.25) is 5.02 Å². The van der Waals surface area contributed by atoms with Gasteiger partial charge in [0.25, 0.3) is 0 Å². The van der Waals surface area contributed by atoms with Crippen molar-refractivity contribution in [1.29, 1.82) is 0 Å². The number of hydrogen-bond acceptors (Lipinski definition) is 2. The van der Waals surface area contributed by atoms with Gasteiger partial charge in [0.2, 0.25) is 6.41 Å². The zero-order chi connectivity index (χ0) is 18.8. The average Bonchev–Trinajstić information content (AvgIpc) is 3.33. The third kappa shape index (κ3) is 6.03. The number of halogens is 1. The molecular weight excluding hydrogens is 348 g/mol. The van der Waals surface area contributed by atoms with Crippen molar-refractivity contribution in [1.82, 2.24) is 10.3 Å². The van der Waals surface area contributed by atoms with Crippen molar-refractivity contribution < 1.29 is 9.53 Å². The van der Waals surface area contributed by atoms with E-state index in [0.717, 1.165) is 24.2 Å². The highest BCUT2D eigenvalue weighted by Gasteiger charge is 2.21. The number of aromatic amines is 1. The van der Waals surface area contributed by atoms with Crippen LogP contribution in [0.15, 0.2) is 18.2 Å². The molecule has 2 N–H and O–H groups in total. The van der Waals surface area contributed by atoms with Crippen LogP contribution in [-0.2, 0) is 9.53 Å². The molecule has 2 aromatic rings. The number of aryl methyl sites for hydroxylation is 1. The van der Waals surface area contributed by atoms with Crippen molar-refractivity contribution in [2.45, 2.75) is 57.8 Å². The summed E-state index contributed by atoms with van der Waals surface area (Å²) in [7, 11) is 1.56. The van der Waals surface area contributed by atoms with E-state index in [2.05, 4.69) is 29.4 Å². The summed E-state index contributed by atoms with van der Waals surface area (Å²) in [4.78, 5) is 12.6. The molecule has 1 aliphatic carbocycles. The van der Waals surface area contributed by atoms with Crippen LogP contribution in [0.4, 0.5) is 0 Å². The SMILES string of the molecule is C1CCOC1.CNC=O.Cc1[nH]c2ccc(Cl)cc2c1C1CCCCC1. The molecule has 1 amide bonds. The number of fused-ring (bicyclic) bond motifs is 1. The number of carbonyl (C=O) groups excluding carboxylic acids is 1. The number of ether oxygens (including phenoxy) is 1. The van der Waals surface area contributed by atoms with Crippen molar-refractivity contribution in [2.75, 3.05) is 20.3 Å². The number of H-pyrrole nitrogens is 1. The van der Waals surface area contributed by atoms with Gasteiger partial charge in [-0.3, -0.25) is 4.79 Å². The summed E-state index contributed by atoms with van der Waals surface area (Å²) in [5.41, 5.74) is 4.07. The minimum atomic E-state index is 0.625. The second-order valence-corrected chi connectivity index (χ2v) is 7.35. The Morgan fingerprint density at radius 3 is 2.35 bits per heavy atom. The summed E-state index contributed by atoms with van der Waals surface area (Å²) in [5.74, 6) is 0.732. The standard InChI is InChI=1S/C15H18ClN.C4H8O.C2H5NO/c1-10-15(11-5-3-2-4-6-11)13-9-12(16)7-8-14(13)17-10;1-2-4-5-3-1;1-3-2-4/h7-9,11,17H,2-6H2,1H3;1-4H2;2H,1H3,(H,3,4). The van der Waals surface area contributed by atoms with Gasteiger partial charge in [-0.25, -0.2) is 0 Å². The Morgan fingerprint density at radius 2 is 1.81 bits per heavy atom. The van der Waals surface area contributed by atoms with Gasteiger partial charge in [0.05, 0.1) is 0 Å². The van der Waals surface area contributed by atoms with E-state index >= 15 is 0 Å². The molecule has 2 aliphatic rings. The van der Waals surface area contributed by atoms with Crippen molar-refractivity contribution >= 4 is 28.9 Å². The van der Waals surface area contributed by atoms with Gasteiger partial charge < -0.3 is 15.0 Å². The predicted octanol–water partition coefficient (Wildman–Crippen LogP) is 5.34. The molecule has 4 nitrogen and oxygen atoms in total. The number of nitrogens with one attached hydrogen (secondary N) is 2. The second kappa shape index (κ2) is 11.2. The van der Waals surface area contributed by atoms with Crippen LogP contribution in [0.5, 0.6) is 0 Å². The molecule has 0 bridgehead atoms. The Labute approximate surface area is 161 Å². The number of carbonyl (C=O) groups is 1. The lowest BCUT2D eigenvalue weighted by atomic mass is 9.83. The molecule has 1 aromatic heterocycles. The van der Waals surface area contributed by atoms with E-state index in [1.807, 2.05) is 6.07 Å². The summed E-state index contributed by atoms with van der Waals surface area (Å²) in [5, 5.41) is 4.43. The molecule has 1 aliphatic heterocycles. The molecule has 0 radical (unpaired) electrons. The summed E-state index contributed by atoms with van der Waals surface area (Å²) < 4.78 is 4.94. The first-order chi connectivity index (χ1) is 12.7. The minimum absolute atomic E-state index is 0.625. The molecule has 5 heteroatoms. The van der Waals surface area contributed by atoms with Gasteiger partial charge in [0, 0.05) is 41.9 Å². The van der Waals surface area contributed by atoms with Crippen LogP contribution in [0.25, 0.3) is 10.9 Å². The van der Waals surface area contributed by atoms with Crippen LogP contribution >= 0.6 is 11.6 Å². The summed E-state index contributed by atoms with van der Waals surface area (Å²) in [6.45, 7) is 4.19. The molecule has 1 aromatic carbocycles. The first-order valence-electron chi connectivity index (χ1n) is 9.63. The Morgan fingerprint density at radius 1 is 1.15 bits per heavy atom. The maximum Gasteiger partial charge on any atom is 0.206 e. The first-order valence-corrected chi connectivity index (χ1v) is 10.0. The van der Waals surface area contributed by atoms with E-state index in [0.29, 0.717) is 6.41 Å². The minimum Gasteiger partial charge on any atom is -0.381 e. The topological polar surface area (TPSA) is 54.1 Å². The average molecular weight is 379 g/mol. The smallest absolute Gasteiger partial charge is 0.206 e. The molecule has 144 valence electrons. The summed E-state index contributed by atoms with van der Waals surface area (Å²) in [6.07, 6.45) is 9.99. The highest BCUT2D eigenvalue weighted by atomic mass is 35.5. The van der Waals surface area contributed by atoms with E-state index in [-0.39, 0.29) is 0 Å². The fourth-order valence-electron chi connectivity index (χ4n) is 3.75. The largest absolute Gasteiger partial charge is 0.381 e. The predicted molar refractivity (Wildman–Crippen MR) is 109 cm³/mol.